The monoisotopic (exact) mass is 459 g/mol. The van der Waals surface area contributed by atoms with Crippen LogP contribution in [-0.4, -0.2) is 52.7 Å². The van der Waals surface area contributed by atoms with E-state index in [1.807, 2.05) is 0 Å². The van der Waals surface area contributed by atoms with Crippen molar-refractivity contribution in [2.45, 2.75) is 4.90 Å². The molecular weight excluding hydrogens is 441 g/mol. The predicted molar refractivity (Wildman–Crippen MR) is 112 cm³/mol. The molecule has 0 fully saturated rings. The third-order valence-corrected chi connectivity index (χ3v) is 6.27. The van der Waals surface area contributed by atoms with Gasteiger partial charge in [0, 0.05) is 18.7 Å². The van der Waals surface area contributed by atoms with Crippen LogP contribution in [0.5, 0.6) is 11.5 Å². The van der Waals surface area contributed by atoms with E-state index in [-0.39, 0.29) is 10.6 Å². The van der Waals surface area contributed by atoms with E-state index in [1.54, 1.807) is 18.2 Å². The largest absolute Gasteiger partial charge is 0.493 e. The molecule has 11 heteroatoms. The summed E-state index contributed by atoms with van der Waals surface area (Å²) in [6, 6.07) is 9.08. The zero-order chi connectivity index (χ0) is 21.6. The number of carbonyl (C=O) groups is 1. The van der Waals surface area contributed by atoms with E-state index in [2.05, 4.69) is 10.5 Å². The number of nitrogens with zero attached hydrogens (tertiary/aromatic N) is 2. The Balaban J connectivity index is 2.07. The lowest BCUT2D eigenvalue weighted by Gasteiger charge is -2.17. The predicted octanol–water partition coefficient (Wildman–Crippen LogP) is 2.78. The average Bonchev–Trinajstić information content (AvgIpc) is 2.69. The second-order valence-electron chi connectivity index (χ2n) is 5.71. The van der Waals surface area contributed by atoms with Crippen LogP contribution in [0.25, 0.3) is 0 Å². The molecule has 0 unspecified atom stereocenters. The number of hydrogen-bond donors (Lipinski definition) is 1. The van der Waals surface area contributed by atoms with E-state index in [9.17, 15) is 13.2 Å². The normalized spacial score (nSPS) is 11.7. The minimum Gasteiger partial charge on any atom is -0.493 e. The highest BCUT2D eigenvalue weighted by atomic mass is 35.5. The van der Waals surface area contributed by atoms with Crippen LogP contribution in [0.1, 0.15) is 5.56 Å². The second kappa shape index (κ2) is 9.93. The maximum Gasteiger partial charge on any atom is 0.255 e. The molecule has 0 saturated heterocycles. The number of benzene rings is 2. The molecule has 0 spiro atoms. The standard InChI is InChI=1S/C18H19Cl2N3O5S/c1-23(29(25,26)12-7-8-16(27-2)17(9-12)28-3)11-18(24)22-21-10-13-14(19)5-4-6-15(13)20/h4-10H,11H2,1-3H3,(H,22,24)/b21-10-. The third kappa shape index (κ3) is 5.60. The molecule has 2 aromatic rings. The van der Waals surface area contributed by atoms with Crippen molar-refractivity contribution >= 4 is 45.3 Å². The van der Waals surface area contributed by atoms with Crippen molar-refractivity contribution in [3.63, 3.8) is 0 Å². The number of nitrogens with one attached hydrogen (secondary N) is 1. The zero-order valence-electron chi connectivity index (χ0n) is 15.8. The minimum absolute atomic E-state index is 0.0446. The molecule has 0 aromatic heterocycles. The van der Waals surface area contributed by atoms with Crippen molar-refractivity contribution in [3.8, 4) is 11.5 Å². The summed E-state index contributed by atoms with van der Waals surface area (Å²) in [6.45, 7) is -0.454. The number of ether oxygens (including phenoxy) is 2. The van der Waals surface area contributed by atoms with Gasteiger partial charge in [0.15, 0.2) is 11.5 Å². The average molecular weight is 460 g/mol. The maximum atomic E-state index is 12.7. The van der Waals surface area contributed by atoms with E-state index in [0.717, 1.165) is 4.31 Å². The summed E-state index contributed by atoms with van der Waals surface area (Å²) in [5, 5.41) is 4.50. The number of rotatable bonds is 8. The molecule has 0 aliphatic carbocycles. The molecule has 0 aliphatic heterocycles. The summed E-state index contributed by atoms with van der Waals surface area (Å²) in [6.07, 6.45) is 1.28. The number of carbonyl (C=O) groups excluding carboxylic acids is 1. The molecule has 0 radical (unpaired) electrons. The summed E-state index contributed by atoms with van der Waals surface area (Å²) in [5.74, 6) is 0.00281. The fourth-order valence-corrected chi connectivity index (χ4v) is 3.92. The fourth-order valence-electron chi connectivity index (χ4n) is 2.28. The Kier molecular flexibility index (Phi) is 7.86. The van der Waals surface area contributed by atoms with Gasteiger partial charge in [-0.1, -0.05) is 29.3 Å². The zero-order valence-corrected chi connectivity index (χ0v) is 18.2. The van der Waals surface area contributed by atoms with Crippen LogP contribution in [-0.2, 0) is 14.8 Å². The highest BCUT2D eigenvalue weighted by Gasteiger charge is 2.24. The molecule has 1 amide bonds. The first-order valence-corrected chi connectivity index (χ1v) is 10.3. The Labute approximate surface area is 179 Å². The number of sulfonamides is 1. The molecule has 2 rings (SSSR count). The lowest BCUT2D eigenvalue weighted by molar-refractivity contribution is -0.121. The van der Waals surface area contributed by atoms with Crippen LogP contribution >= 0.6 is 23.2 Å². The SMILES string of the molecule is COc1ccc(S(=O)(=O)N(C)CC(=O)N/N=C\c2c(Cl)cccc2Cl)cc1OC. The molecule has 0 saturated carbocycles. The molecule has 2 aromatic carbocycles. The van der Waals surface area contributed by atoms with Crippen LogP contribution in [0.2, 0.25) is 10.0 Å². The van der Waals surface area contributed by atoms with Gasteiger partial charge in [0.1, 0.15) is 0 Å². The van der Waals surface area contributed by atoms with E-state index in [0.29, 0.717) is 21.4 Å². The van der Waals surface area contributed by atoms with Crippen molar-refractivity contribution in [2.24, 2.45) is 5.10 Å². The van der Waals surface area contributed by atoms with Gasteiger partial charge >= 0.3 is 0 Å². The Morgan fingerprint density at radius 2 is 1.76 bits per heavy atom. The smallest absolute Gasteiger partial charge is 0.255 e. The van der Waals surface area contributed by atoms with Crippen molar-refractivity contribution in [1.82, 2.24) is 9.73 Å². The van der Waals surface area contributed by atoms with Crippen molar-refractivity contribution < 1.29 is 22.7 Å². The minimum atomic E-state index is -3.94. The van der Waals surface area contributed by atoms with Gasteiger partial charge in [-0.3, -0.25) is 4.79 Å². The number of methoxy groups -OCH3 is 2. The number of hydrazone groups is 1. The van der Waals surface area contributed by atoms with Gasteiger partial charge in [-0.15, -0.1) is 0 Å². The van der Waals surface area contributed by atoms with Crippen LogP contribution < -0.4 is 14.9 Å². The quantitative estimate of drug-likeness (QED) is 0.483. The first-order valence-electron chi connectivity index (χ1n) is 8.15. The van der Waals surface area contributed by atoms with Gasteiger partial charge < -0.3 is 9.47 Å². The summed E-state index contributed by atoms with van der Waals surface area (Å²) in [4.78, 5) is 12.0. The Morgan fingerprint density at radius 3 is 2.34 bits per heavy atom. The van der Waals surface area contributed by atoms with Gasteiger partial charge in [-0.25, -0.2) is 13.8 Å². The molecule has 0 atom stereocenters. The summed E-state index contributed by atoms with van der Waals surface area (Å²) >= 11 is 12.0. The fraction of sp³-hybridized carbons (Fsp3) is 0.222. The molecular formula is C18H19Cl2N3O5S. The second-order valence-corrected chi connectivity index (χ2v) is 8.57. The third-order valence-electron chi connectivity index (χ3n) is 3.81. The van der Waals surface area contributed by atoms with Crippen LogP contribution in [0, 0.1) is 0 Å². The first-order chi connectivity index (χ1) is 13.7. The summed E-state index contributed by atoms with van der Waals surface area (Å²) in [7, 11) is 0.179. The Morgan fingerprint density at radius 1 is 1.14 bits per heavy atom. The lowest BCUT2D eigenvalue weighted by atomic mass is 10.2. The van der Waals surface area contributed by atoms with E-state index in [1.165, 1.54) is 45.7 Å². The van der Waals surface area contributed by atoms with Crippen LogP contribution in [0.4, 0.5) is 0 Å². The van der Waals surface area contributed by atoms with E-state index >= 15 is 0 Å². The molecule has 156 valence electrons. The Hall–Kier alpha value is -2.33. The summed E-state index contributed by atoms with van der Waals surface area (Å²) in [5.41, 5.74) is 2.68. The van der Waals surface area contributed by atoms with Crippen LogP contribution in [0.3, 0.4) is 0 Å². The van der Waals surface area contributed by atoms with Crippen molar-refractivity contribution in [1.29, 1.82) is 0 Å². The van der Waals surface area contributed by atoms with E-state index < -0.39 is 22.5 Å². The number of likely N-dealkylation sites (N-methyl/N-ethyl adjacent to an activating group) is 1. The van der Waals surface area contributed by atoms with Crippen molar-refractivity contribution in [2.75, 3.05) is 27.8 Å². The number of amides is 1. The topological polar surface area (TPSA) is 97.3 Å². The molecule has 0 aliphatic rings. The molecule has 1 N–H and O–H groups in total. The Bertz CT molecular complexity index is 1010. The molecule has 8 nitrogen and oxygen atoms in total. The number of halogens is 2. The first kappa shape index (κ1) is 23.0. The lowest BCUT2D eigenvalue weighted by Crippen LogP contribution is -2.36. The van der Waals surface area contributed by atoms with Gasteiger partial charge in [-0.05, 0) is 24.3 Å². The maximum absolute atomic E-state index is 12.7. The summed E-state index contributed by atoms with van der Waals surface area (Å²) < 4.78 is 36.5. The van der Waals surface area contributed by atoms with Gasteiger partial charge in [-0.2, -0.15) is 9.41 Å². The van der Waals surface area contributed by atoms with Crippen LogP contribution in [0.15, 0.2) is 46.4 Å². The van der Waals surface area contributed by atoms with Gasteiger partial charge in [0.05, 0.1) is 41.9 Å². The van der Waals surface area contributed by atoms with Crippen molar-refractivity contribution in [3.05, 3.63) is 52.0 Å². The molecule has 0 heterocycles. The van der Waals surface area contributed by atoms with Gasteiger partial charge in [0.25, 0.3) is 5.91 Å². The molecule has 0 bridgehead atoms. The van der Waals surface area contributed by atoms with Gasteiger partial charge in [0.2, 0.25) is 10.0 Å². The highest BCUT2D eigenvalue weighted by Crippen LogP contribution is 2.30. The van der Waals surface area contributed by atoms with E-state index in [4.69, 9.17) is 32.7 Å². The highest BCUT2D eigenvalue weighted by molar-refractivity contribution is 7.89. The molecule has 29 heavy (non-hydrogen) atoms. The number of hydrogen-bond acceptors (Lipinski definition) is 6.